The van der Waals surface area contributed by atoms with E-state index in [1.165, 1.54) is 7.11 Å². The number of aromatic nitrogens is 4. The third-order valence-corrected chi connectivity index (χ3v) is 5.04. The normalized spacial score (nSPS) is 10.4. The van der Waals surface area contributed by atoms with Gasteiger partial charge in [0.1, 0.15) is 22.7 Å². The fraction of sp³-hybridized carbons (Fsp3) is 0.208. The van der Waals surface area contributed by atoms with Gasteiger partial charge in [-0.25, -0.2) is 15.0 Å². The van der Waals surface area contributed by atoms with Gasteiger partial charge in [-0.05, 0) is 26.1 Å². The lowest BCUT2D eigenvalue weighted by Crippen LogP contribution is -2.18. The van der Waals surface area contributed by atoms with Crippen LogP contribution in [0.5, 0.6) is 5.88 Å². The molecule has 0 atom stereocenters. The SMILES string of the molecule is CNCCNc1ncc(-c2ccc(NC(=O)c3c(-c4ccccc4)noc3C)c(OC)n2)cn1.Cl. The van der Waals surface area contributed by atoms with Crippen LogP contribution in [-0.4, -0.2) is 53.3 Å². The van der Waals surface area contributed by atoms with E-state index >= 15 is 0 Å². The van der Waals surface area contributed by atoms with Gasteiger partial charge in [-0.15, -0.1) is 12.4 Å². The van der Waals surface area contributed by atoms with Crippen LogP contribution in [0.2, 0.25) is 0 Å². The first-order valence-corrected chi connectivity index (χ1v) is 10.7. The minimum Gasteiger partial charge on any atom is -0.479 e. The molecule has 4 aromatic rings. The van der Waals surface area contributed by atoms with Crippen LogP contribution in [0.25, 0.3) is 22.5 Å². The molecule has 0 aliphatic heterocycles. The number of pyridine rings is 1. The van der Waals surface area contributed by atoms with E-state index in [0.29, 0.717) is 40.9 Å². The Bertz CT molecular complexity index is 1260. The van der Waals surface area contributed by atoms with Crippen LogP contribution in [0, 0.1) is 6.92 Å². The number of nitrogens with one attached hydrogen (secondary N) is 3. The van der Waals surface area contributed by atoms with Gasteiger partial charge in [-0.1, -0.05) is 35.5 Å². The minimum absolute atomic E-state index is 0. The summed E-state index contributed by atoms with van der Waals surface area (Å²) in [5.41, 5.74) is 3.36. The van der Waals surface area contributed by atoms with Gasteiger partial charge in [0.25, 0.3) is 5.91 Å². The predicted octanol–water partition coefficient (Wildman–Crippen LogP) is 3.82. The maximum atomic E-state index is 13.1. The van der Waals surface area contributed by atoms with Gasteiger partial charge in [0.05, 0.1) is 12.8 Å². The lowest BCUT2D eigenvalue weighted by Gasteiger charge is -2.11. The molecule has 0 radical (unpaired) electrons. The highest BCUT2D eigenvalue weighted by molar-refractivity contribution is 6.09. The fourth-order valence-corrected chi connectivity index (χ4v) is 3.32. The van der Waals surface area contributed by atoms with E-state index < -0.39 is 0 Å². The first-order chi connectivity index (χ1) is 16.6. The molecule has 0 fully saturated rings. The van der Waals surface area contributed by atoms with Crippen molar-refractivity contribution < 1.29 is 14.1 Å². The summed E-state index contributed by atoms with van der Waals surface area (Å²) in [6.07, 6.45) is 3.36. The Morgan fingerprint density at radius 2 is 1.77 bits per heavy atom. The maximum Gasteiger partial charge on any atom is 0.261 e. The number of nitrogens with zero attached hydrogens (tertiary/aromatic N) is 4. The Kier molecular flexibility index (Phi) is 8.71. The average molecular weight is 496 g/mol. The lowest BCUT2D eigenvalue weighted by atomic mass is 10.1. The number of carbonyl (C=O) groups is 1. The molecule has 11 heteroatoms. The molecule has 0 saturated heterocycles. The smallest absolute Gasteiger partial charge is 0.261 e. The number of ether oxygens (including phenoxy) is 1. The number of halogens is 1. The molecule has 0 aliphatic carbocycles. The van der Waals surface area contributed by atoms with Crippen molar-refractivity contribution in [3.63, 3.8) is 0 Å². The van der Waals surface area contributed by atoms with Gasteiger partial charge < -0.3 is 25.2 Å². The van der Waals surface area contributed by atoms with Gasteiger partial charge in [0.2, 0.25) is 11.8 Å². The number of hydrogen-bond acceptors (Lipinski definition) is 9. The van der Waals surface area contributed by atoms with Crippen molar-refractivity contribution in [1.82, 2.24) is 25.4 Å². The molecule has 10 nitrogen and oxygen atoms in total. The molecule has 3 aromatic heterocycles. The molecule has 0 bridgehead atoms. The van der Waals surface area contributed by atoms with E-state index in [1.807, 2.05) is 37.4 Å². The molecule has 1 amide bonds. The van der Waals surface area contributed by atoms with Crippen molar-refractivity contribution in [2.45, 2.75) is 6.92 Å². The van der Waals surface area contributed by atoms with Crippen molar-refractivity contribution in [3.8, 4) is 28.4 Å². The number of rotatable bonds is 9. The van der Waals surface area contributed by atoms with Gasteiger partial charge in [-0.3, -0.25) is 4.79 Å². The highest BCUT2D eigenvalue weighted by atomic mass is 35.5. The summed E-state index contributed by atoms with van der Waals surface area (Å²) in [5, 5.41) is 13.1. The van der Waals surface area contributed by atoms with Crippen molar-refractivity contribution >= 4 is 29.9 Å². The molecule has 182 valence electrons. The molecule has 3 N–H and O–H groups in total. The number of hydrogen-bond donors (Lipinski definition) is 3. The molecular weight excluding hydrogens is 470 g/mol. The summed E-state index contributed by atoms with van der Waals surface area (Å²) in [7, 11) is 3.37. The third kappa shape index (κ3) is 5.92. The highest BCUT2D eigenvalue weighted by Gasteiger charge is 2.23. The van der Waals surface area contributed by atoms with E-state index in [0.717, 1.165) is 17.7 Å². The molecule has 0 aliphatic rings. The van der Waals surface area contributed by atoms with Crippen LogP contribution < -0.4 is 20.7 Å². The Hall–Kier alpha value is -4.02. The number of carbonyl (C=O) groups excluding carboxylic acids is 1. The molecule has 35 heavy (non-hydrogen) atoms. The van der Waals surface area contributed by atoms with Gasteiger partial charge in [0.15, 0.2) is 0 Å². The topological polar surface area (TPSA) is 127 Å². The fourth-order valence-electron chi connectivity index (χ4n) is 3.32. The minimum atomic E-state index is -0.370. The lowest BCUT2D eigenvalue weighted by molar-refractivity contribution is 0.102. The second-order valence-corrected chi connectivity index (χ2v) is 7.36. The number of anilines is 2. The zero-order valence-electron chi connectivity index (χ0n) is 19.5. The first-order valence-electron chi connectivity index (χ1n) is 10.7. The molecular formula is C24H26ClN7O3. The molecule has 0 saturated carbocycles. The largest absolute Gasteiger partial charge is 0.479 e. The molecule has 1 aromatic carbocycles. The molecule has 4 rings (SSSR count). The number of benzene rings is 1. The highest BCUT2D eigenvalue weighted by Crippen LogP contribution is 2.30. The van der Waals surface area contributed by atoms with Gasteiger partial charge in [0, 0.05) is 36.6 Å². The van der Waals surface area contributed by atoms with E-state index in [2.05, 4.69) is 36.1 Å². The summed E-state index contributed by atoms with van der Waals surface area (Å²) in [6, 6.07) is 12.9. The molecule has 3 heterocycles. The van der Waals surface area contributed by atoms with Crippen LogP contribution in [-0.2, 0) is 0 Å². The van der Waals surface area contributed by atoms with Gasteiger partial charge >= 0.3 is 0 Å². The number of amides is 1. The van der Waals surface area contributed by atoms with Crippen LogP contribution in [0.4, 0.5) is 11.6 Å². The molecule has 0 unspecified atom stereocenters. The van der Waals surface area contributed by atoms with Crippen LogP contribution >= 0.6 is 12.4 Å². The Morgan fingerprint density at radius 3 is 2.46 bits per heavy atom. The monoisotopic (exact) mass is 495 g/mol. The standard InChI is InChI=1S/C24H25N7O3.ClH/c1-15-20(21(31-34-15)16-7-5-4-6-8-16)22(32)29-19-10-9-18(30-23(19)33-3)17-13-27-24(28-14-17)26-12-11-25-2;/h4-10,13-14,25H,11-12H2,1-3H3,(H,29,32)(H,26,27,28);1H. The summed E-state index contributed by atoms with van der Waals surface area (Å²) in [5.74, 6) is 0.844. The summed E-state index contributed by atoms with van der Waals surface area (Å²) in [4.78, 5) is 26.3. The second kappa shape index (κ2) is 11.9. The van der Waals surface area contributed by atoms with E-state index in [-0.39, 0.29) is 24.2 Å². The van der Waals surface area contributed by atoms with Crippen molar-refractivity contribution in [1.29, 1.82) is 0 Å². The first kappa shape index (κ1) is 25.6. The summed E-state index contributed by atoms with van der Waals surface area (Å²) in [6.45, 7) is 3.22. The molecule has 0 spiro atoms. The second-order valence-electron chi connectivity index (χ2n) is 7.36. The predicted molar refractivity (Wildman–Crippen MR) is 136 cm³/mol. The van der Waals surface area contributed by atoms with Crippen LogP contribution in [0.3, 0.4) is 0 Å². The van der Waals surface area contributed by atoms with E-state index in [1.54, 1.807) is 31.5 Å². The number of likely N-dealkylation sites (N-methyl/N-ethyl adjacent to an activating group) is 1. The Morgan fingerprint density at radius 1 is 1.03 bits per heavy atom. The number of methoxy groups -OCH3 is 1. The summed E-state index contributed by atoms with van der Waals surface area (Å²) < 4.78 is 10.7. The number of aryl methyl sites for hydroxylation is 1. The van der Waals surface area contributed by atoms with Crippen molar-refractivity contribution in [3.05, 3.63) is 66.2 Å². The Balaban J connectivity index is 0.00000342. The third-order valence-electron chi connectivity index (χ3n) is 5.04. The average Bonchev–Trinajstić information content (AvgIpc) is 3.27. The zero-order valence-corrected chi connectivity index (χ0v) is 20.3. The van der Waals surface area contributed by atoms with Crippen LogP contribution in [0.15, 0.2) is 59.4 Å². The van der Waals surface area contributed by atoms with E-state index in [9.17, 15) is 4.79 Å². The quantitative estimate of drug-likeness (QED) is 0.297. The van der Waals surface area contributed by atoms with Gasteiger partial charge in [-0.2, -0.15) is 0 Å². The van der Waals surface area contributed by atoms with E-state index in [4.69, 9.17) is 9.26 Å². The van der Waals surface area contributed by atoms with Crippen LogP contribution in [0.1, 0.15) is 16.1 Å². The Labute approximate surface area is 208 Å². The van der Waals surface area contributed by atoms with Crippen molar-refractivity contribution in [2.75, 3.05) is 37.9 Å². The summed E-state index contributed by atoms with van der Waals surface area (Å²) >= 11 is 0. The van der Waals surface area contributed by atoms with Crippen molar-refractivity contribution in [2.24, 2.45) is 0 Å². The zero-order chi connectivity index (χ0) is 23.9. The maximum absolute atomic E-state index is 13.1.